The van der Waals surface area contributed by atoms with Gasteiger partial charge in [-0.3, -0.25) is 0 Å². The molecule has 0 saturated heterocycles. The van der Waals surface area contributed by atoms with E-state index in [1.807, 2.05) is 0 Å². The number of benzene rings is 1. The second kappa shape index (κ2) is 4.54. The minimum absolute atomic E-state index is 0.129. The lowest BCUT2D eigenvalue weighted by Crippen LogP contribution is -2.19. The van der Waals surface area contributed by atoms with Crippen molar-refractivity contribution in [3.8, 4) is 11.5 Å². The third kappa shape index (κ3) is 1.77. The number of ether oxygens (including phenoxy) is 2. The first-order chi connectivity index (χ1) is 9.48. The van der Waals surface area contributed by atoms with Crippen LogP contribution in [0.5, 0.6) is 11.5 Å². The minimum atomic E-state index is 0.129. The molecule has 2 nitrogen and oxygen atoms in total. The van der Waals surface area contributed by atoms with Crippen LogP contribution in [-0.4, -0.2) is 14.2 Å². The number of allylic oxidation sites excluding steroid dienone is 2. The van der Waals surface area contributed by atoms with Crippen LogP contribution in [0.2, 0.25) is 0 Å². The van der Waals surface area contributed by atoms with Crippen LogP contribution in [0.15, 0.2) is 17.7 Å². The van der Waals surface area contributed by atoms with Gasteiger partial charge in [0.15, 0.2) is 11.5 Å². The van der Waals surface area contributed by atoms with Gasteiger partial charge in [0.25, 0.3) is 0 Å². The molecule has 1 atom stereocenters. The maximum Gasteiger partial charge on any atom is 0.161 e. The van der Waals surface area contributed by atoms with E-state index < -0.39 is 0 Å². The summed E-state index contributed by atoms with van der Waals surface area (Å²) in [7, 11) is 3.42. The van der Waals surface area contributed by atoms with Crippen molar-refractivity contribution < 1.29 is 9.47 Å². The van der Waals surface area contributed by atoms with Crippen LogP contribution < -0.4 is 9.47 Å². The molecular weight excluding hydrogens is 248 g/mol. The molecule has 2 aliphatic carbocycles. The van der Waals surface area contributed by atoms with Gasteiger partial charge >= 0.3 is 0 Å². The lowest BCUT2D eigenvalue weighted by atomic mass is 9.76. The van der Waals surface area contributed by atoms with Gasteiger partial charge < -0.3 is 9.47 Å². The monoisotopic (exact) mass is 272 g/mol. The number of methoxy groups -OCH3 is 2. The fourth-order valence-corrected chi connectivity index (χ4v) is 3.89. The second-order valence-electron chi connectivity index (χ2n) is 6.68. The molecular formula is C18H24O2. The van der Waals surface area contributed by atoms with Crippen LogP contribution >= 0.6 is 0 Å². The summed E-state index contributed by atoms with van der Waals surface area (Å²) in [6, 6.07) is 4.35. The Labute approximate surface area is 121 Å². The first-order valence-electron chi connectivity index (χ1n) is 7.48. The van der Waals surface area contributed by atoms with E-state index in [2.05, 4.69) is 32.9 Å². The van der Waals surface area contributed by atoms with Gasteiger partial charge in [-0.15, -0.1) is 0 Å². The first-order valence-corrected chi connectivity index (χ1v) is 7.48. The van der Waals surface area contributed by atoms with Crippen molar-refractivity contribution >= 4 is 5.57 Å². The van der Waals surface area contributed by atoms with E-state index in [0.717, 1.165) is 17.4 Å². The van der Waals surface area contributed by atoms with Gasteiger partial charge in [-0.2, -0.15) is 0 Å². The molecule has 0 aliphatic heterocycles. The molecule has 0 fully saturated rings. The summed E-state index contributed by atoms with van der Waals surface area (Å²) in [4.78, 5) is 0. The summed E-state index contributed by atoms with van der Waals surface area (Å²) in [6.45, 7) is 7.04. The second-order valence-corrected chi connectivity index (χ2v) is 6.68. The van der Waals surface area contributed by atoms with E-state index in [1.54, 1.807) is 25.4 Å². The fraction of sp³-hybridized carbons (Fsp3) is 0.556. The molecule has 1 aromatic carbocycles. The molecule has 20 heavy (non-hydrogen) atoms. The van der Waals surface area contributed by atoms with Crippen molar-refractivity contribution in [2.45, 2.75) is 45.4 Å². The molecule has 1 aromatic rings. The summed E-state index contributed by atoms with van der Waals surface area (Å²) in [5.41, 5.74) is 6.10. The first kappa shape index (κ1) is 13.5. The summed E-state index contributed by atoms with van der Waals surface area (Å²) in [5, 5.41) is 0. The fourth-order valence-electron chi connectivity index (χ4n) is 3.89. The predicted molar refractivity (Wildman–Crippen MR) is 82.5 cm³/mol. The molecule has 0 saturated carbocycles. The van der Waals surface area contributed by atoms with E-state index in [-0.39, 0.29) is 5.41 Å². The number of hydrogen-bond donors (Lipinski definition) is 0. The average molecular weight is 272 g/mol. The van der Waals surface area contributed by atoms with Crippen LogP contribution in [0, 0.1) is 5.92 Å². The van der Waals surface area contributed by atoms with E-state index >= 15 is 0 Å². The topological polar surface area (TPSA) is 18.5 Å². The van der Waals surface area contributed by atoms with Crippen LogP contribution in [0.25, 0.3) is 5.57 Å². The van der Waals surface area contributed by atoms with Gasteiger partial charge in [-0.05, 0) is 54.0 Å². The molecule has 0 N–H and O–H groups in total. The Morgan fingerprint density at radius 2 is 1.75 bits per heavy atom. The Morgan fingerprint density at radius 3 is 2.40 bits per heavy atom. The SMILES string of the molecule is COc1cc2c(cc1OC)C(C)(C)C1=C2CC(C)CC1. The van der Waals surface area contributed by atoms with E-state index in [9.17, 15) is 0 Å². The smallest absolute Gasteiger partial charge is 0.161 e. The highest BCUT2D eigenvalue weighted by molar-refractivity contribution is 5.82. The molecule has 1 unspecified atom stereocenters. The highest BCUT2D eigenvalue weighted by atomic mass is 16.5. The maximum atomic E-state index is 5.49. The van der Waals surface area contributed by atoms with Crippen LogP contribution in [0.1, 0.15) is 51.2 Å². The highest BCUT2D eigenvalue weighted by Gasteiger charge is 2.40. The molecule has 2 heteroatoms. The van der Waals surface area contributed by atoms with Crippen molar-refractivity contribution in [2.24, 2.45) is 5.92 Å². The van der Waals surface area contributed by atoms with Gasteiger partial charge in [0.2, 0.25) is 0 Å². The normalized spacial score (nSPS) is 23.4. The molecule has 0 spiro atoms. The van der Waals surface area contributed by atoms with Gasteiger partial charge in [-0.25, -0.2) is 0 Å². The number of hydrogen-bond acceptors (Lipinski definition) is 2. The van der Waals surface area contributed by atoms with E-state index in [4.69, 9.17) is 9.47 Å². The molecule has 0 heterocycles. The lowest BCUT2D eigenvalue weighted by molar-refractivity contribution is 0.354. The Morgan fingerprint density at radius 1 is 1.10 bits per heavy atom. The molecule has 2 aliphatic rings. The Hall–Kier alpha value is -1.44. The highest BCUT2D eigenvalue weighted by Crippen LogP contribution is 2.54. The van der Waals surface area contributed by atoms with Crippen LogP contribution in [0.4, 0.5) is 0 Å². The average Bonchev–Trinajstić information content (AvgIpc) is 2.65. The minimum Gasteiger partial charge on any atom is -0.493 e. The quantitative estimate of drug-likeness (QED) is 0.785. The Kier molecular flexibility index (Phi) is 3.07. The van der Waals surface area contributed by atoms with Crippen molar-refractivity contribution in [3.63, 3.8) is 0 Å². The zero-order valence-electron chi connectivity index (χ0n) is 13.2. The van der Waals surface area contributed by atoms with Crippen LogP contribution in [0.3, 0.4) is 0 Å². The summed E-state index contributed by atoms with van der Waals surface area (Å²) in [6.07, 6.45) is 3.73. The van der Waals surface area contributed by atoms with Crippen molar-refractivity contribution in [2.75, 3.05) is 14.2 Å². The predicted octanol–water partition coefficient (Wildman–Crippen LogP) is 4.57. The lowest BCUT2D eigenvalue weighted by Gasteiger charge is -2.29. The Bertz CT molecular complexity index is 581. The number of fused-ring (bicyclic) bond motifs is 2. The third-order valence-electron chi connectivity index (χ3n) is 5.08. The van der Waals surface area contributed by atoms with Crippen LogP contribution in [-0.2, 0) is 5.41 Å². The standard InChI is InChI=1S/C18H24O2/c1-11-6-7-14-12(8-11)13-9-16(19-4)17(20-5)10-15(13)18(14,2)3/h9-11H,6-8H2,1-5H3. The van der Waals surface area contributed by atoms with E-state index in [0.29, 0.717) is 0 Å². The Balaban J connectivity index is 2.20. The molecule has 108 valence electrons. The maximum absolute atomic E-state index is 5.49. The van der Waals surface area contributed by atoms with Gasteiger partial charge in [0.1, 0.15) is 0 Å². The van der Waals surface area contributed by atoms with Crippen molar-refractivity contribution in [1.29, 1.82) is 0 Å². The van der Waals surface area contributed by atoms with Crippen molar-refractivity contribution in [1.82, 2.24) is 0 Å². The molecule has 3 rings (SSSR count). The zero-order chi connectivity index (χ0) is 14.5. The van der Waals surface area contributed by atoms with Gasteiger partial charge in [0.05, 0.1) is 14.2 Å². The molecule has 0 radical (unpaired) electrons. The van der Waals surface area contributed by atoms with Crippen molar-refractivity contribution in [3.05, 3.63) is 28.8 Å². The van der Waals surface area contributed by atoms with Gasteiger partial charge in [-0.1, -0.05) is 26.3 Å². The number of rotatable bonds is 2. The molecule has 0 aromatic heterocycles. The summed E-state index contributed by atoms with van der Waals surface area (Å²) < 4.78 is 11.0. The summed E-state index contributed by atoms with van der Waals surface area (Å²) in [5.74, 6) is 2.46. The molecule has 0 bridgehead atoms. The summed E-state index contributed by atoms with van der Waals surface area (Å²) >= 11 is 0. The van der Waals surface area contributed by atoms with E-state index in [1.165, 1.54) is 30.4 Å². The largest absolute Gasteiger partial charge is 0.493 e. The van der Waals surface area contributed by atoms with Gasteiger partial charge in [0, 0.05) is 5.41 Å². The third-order valence-corrected chi connectivity index (χ3v) is 5.08. The molecule has 0 amide bonds. The zero-order valence-corrected chi connectivity index (χ0v) is 13.2.